The van der Waals surface area contributed by atoms with Crippen LogP contribution in [-0.4, -0.2) is 23.2 Å². The van der Waals surface area contributed by atoms with Gasteiger partial charge in [0.1, 0.15) is 0 Å². The van der Waals surface area contributed by atoms with Gasteiger partial charge >= 0.3 is 0 Å². The van der Waals surface area contributed by atoms with Crippen molar-refractivity contribution in [2.75, 3.05) is 13.2 Å². The van der Waals surface area contributed by atoms with Gasteiger partial charge in [-0.1, -0.05) is 6.92 Å². The standard InChI is InChI=1S/C11H18N2O/c1-9(8-14)7-13-10(2)11-3-5-12-6-4-11/h3-6,9-10,13-14H,7-8H2,1-2H3. The number of hydrogen-bond acceptors (Lipinski definition) is 3. The second-order valence-electron chi connectivity index (χ2n) is 3.70. The highest BCUT2D eigenvalue weighted by Gasteiger charge is 2.05. The molecule has 0 saturated heterocycles. The van der Waals surface area contributed by atoms with Crippen LogP contribution in [0.25, 0.3) is 0 Å². The lowest BCUT2D eigenvalue weighted by atomic mass is 10.1. The molecule has 1 aromatic rings. The van der Waals surface area contributed by atoms with Crippen LogP contribution in [0.5, 0.6) is 0 Å². The van der Waals surface area contributed by atoms with Gasteiger partial charge in [0.15, 0.2) is 0 Å². The third-order valence-electron chi connectivity index (χ3n) is 2.29. The molecule has 3 heteroatoms. The number of nitrogens with zero attached hydrogens (tertiary/aromatic N) is 1. The fraction of sp³-hybridized carbons (Fsp3) is 0.545. The predicted molar refractivity (Wildman–Crippen MR) is 56.9 cm³/mol. The first kappa shape index (κ1) is 11.1. The van der Waals surface area contributed by atoms with Crippen LogP contribution in [0.4, 0.5) is 0 Å². The summed E-state index contributed by atoms with van der Waals surface area (Å²) < 4.78 is 0. The largest absolute Gasteiger partial charge is 0.396 e. The summed E-state index contributed by atoms with van der Waals surface area (Å²) in [5, 5.41) is 12.2. The summed E-state index contributed by atoms with van der Waals surface area (Å²) in [6.07, 6.45) is 3.59. The smallest absolute Gasteiger partial charge is 0.0468 e. The van der Waals surface area contributed by atoms with Gasteiger partial charge in [-0.05, 0) is 30.5 Å². The molecule has 0 spiro atoms. The first-order chi connectivity index (χ1) is 6.74. The first-order valence-corrected chi connectivity index (χ1v) is 4.98. The normalized spacial score (nSPS) is 15.1. The van der Waals surface area contributed by atoms with Gasteiger partial charge < -0.3 is 10.4 Å². The summed E-state index contributed by atoms with van der Waals surface area (Å²) in [6, 6.07) is 4.31. The molecule has 1 heterocycles. The molecule has 2 unspecified atom stereocenters. The lowest BCUT2D eigenvalue weighted by Crippen LogP contribution is -2.26. The van der Waals surface area contributed by atoms with Gasteiger partial charge in [0.05, 0.1) is 0 Å². The molecule has 1 rings (SSSR count). The van der Waals surface area contributed by atoms with Gasteiger partial charge in [-0.3, -0.25) is 4.98 Å². The quantitative estimate of drug-likeness (QED) is 0.744. The van der Waals surface area contributed by atoms with Crippen molar-refractivity contribution in [3.8, 4) is 0 Å². The topological polar surface area (TPSA) is 45.1 Å². The summed E-state index contributed by atoms with van der Waals surface area (Å²) >= 11 is 0. The maximum atomic E-state index is 8.87. The number of hydrogen-bond donors (Lipinski definition) is 2. The molecule has 14 heavy (non-hydrogen) atoms. The molecule has 78 valence electrons. The van der Waals surface area contributed by atoms with Crippen molar-refractivity contribution in [1.82, 2.24) is 10.3 Å². The molecule has 0 amide bonds. The zero-order valence-corrected chi connectivity index (χ0v) is 8.77. The Bertz CT molecular complexity index is 251. The summed E-state index contributed by atoms with van der Waals surface area (Å²) in [4.78, 5) is 3.97. The second-order valence-corrected chi connectivity index (χ2v) is 3.70. The van der Waals surface area contributed by atoms with E-state index in [1.165, 1.54) is 5.56 Å². The number of pyridine rings is 1. The number of aliphatic hydroxyl groups excluding tert-OH is 1. The average molecular weight is 194 g/mol. The van der Waals surface area contributed by atoms with E-state index in [4.69, 9.17) is 5.11 Å². The SMILES string of the molecule is CC(CO)CNC(C)c1ccncc1. The van der Waals surface area contributed by atoms with Gasteiger partial charge in [0.2, 0.25) is 0 Å². The number of aliphatic hydroxyl groups is 1. The Balaban J connectivity index is 2.39. The molecule has 0 saturated carbocycles. The van der Waals surface area contributed by atoms with Crippen LogP contribution in [0.2, 0.25) is 0 Å². The first-order valence-electron chi connectivity index (χ1n) is 4.98. The molecule has 0 aliphatic heterocycles. The monoisotopic (exact) mass is 194 g/mol. The van der Waals surface area contributed by atoms with E-state index in [1.807, 2.05) is 19.1 Å². The van der Waals surface area contributed by atoms with E-state index >= 15 is 0 Å². The zero-order valence-electron chi connectivity index (χ0n) is 8.77. The third kappa shape index (κ3) is 3.44. The van der Waals surface area contributed by atoms with Gasteiger partial charge in [-0.25, -0.2) is 0 Å². The minimum atomic E-state index is 0.232. The van der Waals surface area contributed by atoms with Crippen molar-refractivity contribution in [3.05, 3.63) is 30.1 Å². The second kappa shape index (κ2) is 5.73. The minimum absolute atomic E-state index is 0.232. The minimum Gasteiger partial charge on any atom is -0.396 e. The molecule has 0 radical (unpaired) electrons. The van der Waals surface area contributed by atoms with Crippen molar-refractivity contribution < 1.29 is 5.11 Å². The number of aromatic nitrogens is 1. The maximum absolute atomic E-state index is 8.87. The number of rotatable bonds is 5. The van der Waals surface area contributed by atoms with E-state index in [9.17, 15) is 0 Å². The molecular weight excluding hydrogens is 176 g/mol. The van der Waals surface area contributed by atoms with Crippen molar-refractivity contribution in [2.45, 2.75) is 19.9 Å². The van der Waals surface area contributed by atoms with E-state index < -0.39 is 0 Å². The maximum Gasteiger partial charge on any atom is 0.0468 e. The molecule has 1 aromatic heterocycles. The molecule has 0 aromatic carbocycles. The Kier molecular flexibility index (Phi) is 4.56. The van der Waals surface area contributed by atoms with E-state index in [-0.39, 0.29) is 6.61 Å². The fourth-order valence-electron chi connectivity index (χ4n) is 1.21. The van der Waals surface area contributed by atoms with Crippen LogP contribution in [-0.2, 0) is 0 Å². The third-order valence-corrected chi connectivity index (χ3v) is 2.29. The van der Waals surface area contributed by atoms with Crippen molar-refractivity contribution in [2.24, 2.45) is 5.92 Å². The van der Waals surface area contributed by atoms with Crippen molar-refractivity contribution in [3.63, 3.8) is 0 Å². The molecule has 2 atom stereocenters. The summed E-state index contributed by atoms with van der Waals surface area (Å²) in [6.45, 7) is 5.20. The van der Waals surface area contributed by atoms with Crippen LogP contribution < -0.4 is 5.32 Å². The van der Waals surface area contributed by atoms with Crippen LogP contribution >= 0.6 is 0 Å². The van der Waals surface area contributed by atoms with Crippen LogP contribution in [0.3, 0.4) is 0 Å². The van der Waals surface area contributed by atoms with Crippen molar-refractivity contribution in [1.29, 1.82) is 0 Å². The Labute approximate surface area is 85.2 Å². The highest BCUT2D eigenvalue weighted by Crippen LogP contribution is 2.10. The fourth-order valence-corrected chi connectivity index (χ4v) is 1.21. The highest BCUT2D eigenvalue weighted by molar-refractivity contribution is 5.13. The van der Waals surface area contributed by atoms with Crippen LogP contribution in [0, 0.1) is 5.92 Å². The highest BCUT2D eigenvalue weighted by atomic mass is 16.3. The lowest BCUT2D eigenvalue weighted by Gasteiger charge is -2.16. The lowest BCUT2D eigenvalue weighted by molar-refractivity contribution is 0.231. The zero-order chi connectivity index (χ0) is 10.4. The van der Waals surface area contributed by atoms with Gasteiger partial charge in [-0.2, -0.15) is 0 Å². The Hall–Kier alpha value is -0.930. The van der Waals surface area contributed by atoms with Crippen LogP contribution in [0.15, 0.2) is 24.5 Å². The van der Waals surface area contributed by atoms with E-state index in [2.05, 4.69) is 17.2 Å². The molecule has 3 nitrogen and oxygen atoms in total. The molecular formula is C11H18N2O. The van der Waals surface area contributed by atoms with Crippen LogP contribution in [0.1, 0.15) is 25.5 Å². The van der Waals surface area contributed by atoms with E-state index in [0.717, 1.165) is 6.54 Å². The molecule has 0 aliphatic carbocycles. The summed E-state index contributed by atoms with van der Waals surface area (Å²) in [7, 11) is 0. The van der Waals surface area contributed by atoms with Crippen molar-refractivity contribution >= 4 is 0 Å². The predicted octanol–water partition coefficient (Wildman–Crippen LogP) is 1.36. The Morgan fingerprint density at radius 2 is 2.00 bits per heavy atom. The van der Waals surface area contributed by atoms with Gasteiger partial charge in [0, 0.05) is 31.6 Å². The summed E-state index contributed by atoms with van der Waals surface area (Å²) in [5.41, 5.74) is 1.23. The van der Waals surface area contributed by atoms with Gasteiger partial charge in [-0.15, -0.1) is 0 Å². The van der Waals surface area contributed by atoms with E-state index in [1.54, 1.807) is 12.4 Å². The molecule has 0 bridgehead atoms. The molecule has 2 N–H and O–H groups in total. The molecule has 0 fully saturated rings. The molecule has 0 aliphatic rings. The average Bonchev–Trinajstić information content (AvgIpc) is 2.26. The van der Waals surface area contributed by atoms with E-state index in [0.29, 0.717) is 12.0 Å². The van der Waals surface area contributed by atoms with Gasteiger partial charge in [0.25, 0.3) is 0 Å². The number of nitrogens with one attached hydrogen (secondary N) is 1. The Morgan fingerprint density at radius 3 is 2.57 bits per heavy atom. The Morgan fingerprint density at radius 1 is 1.36 bits per heavy atom. The summed E-state index contributed by atoms with van der Waals surface area (Å²) in [5.74, 6) is 0.305.